The van der Waals surface area contributed by atoms with E-state index in [2.05, 4.69) is 37.5 Å². The molecule has 3 aromatic rings. The fourth-order valence-corrected chi connectivity index (χ4v) is 5.60. The zero-order valence-electron chi connectivity index (χ0n) is 24.5. The first-order valence-corrected chi connectivity index (χ1v) is 14.4. The average Bonchev–Trinajstić information content (AvgIpc) is 3.41. The van der Waals surface area contributed by atoms with Crippen molar-refractivity contribution in [3.05, 3.63) is 58.6 Å². The lowest BCUT2D eigenvalue weighted by Gasteiger charge is -2.25. The van der Waals surface area contributed by atoms with Crippen LogP contribution in [0.25, 0.3) is 10.2 Å². The normalized spacial score (nSPS) is 14.0. The molecule has 0 saturated carbocycles. The molecule has 0 saturated heterocycles. The number of aromatic nitrogens is 1. The molecule has 0 amide bonds. The lowest BCUT2D eigenvalue weighted by Crippen LogP contribution is -2.35. The molecule has 8 heteroatoms. The van der Waals surface area contributed by atoms with E-state index in [1.807, 2.05) is 64.2 Å². The second-order valence-corrected chi connectivity index (χ2v) is 13.5. The molecule has 1 aliphatic carbocycles. The van der Waals surface area contributed by atoms with Crippen molar-refractivity contribution in [2.45, 2.75) is 66.0 Å². The highest BCUT2D eigenvalue weighted by Crippen LogP contribution is 2.38. The molecule has 0 unspecified atom stereocenters. The highest BCUT2D eigenvalue weighted by atomic mass is 32.1. The maximum absolute atomic E-state index is 11.9. The fraction of sp³-hybridized carbons (Fsp3) is 0.531. The minimum absolute atomic E-state index is 0. The number of nitrogens with one attached hydrogen (secondary N) is 1. The Labute approximate surface area is 244 Å². The monoisotopic (exact) mass is 570 g/mol. The Balaban J connectivity index is 0.000000274. The van der Waals surface area contributed by atoms with E-state index in [-0.39, 0.29) is 19.8 Å². The number of thiazole rings is 1. The summed E-state index contributed by atoms with van der Waals surface area (Å²) in [5.74, 6) is 0.618. The van der Waals surface area contributed by atoms with Crippen LogP contribution in [0, 0.1) is 5.41 Å². The molecule has 0 fully saturated rings. The van der Waals surface area contributed by atoms with E-state index in [1.165, 1.54) is 4.70 Å². The SMILES string of the molecule is C.CC(C)(C)OC(=O)CC1(C=O)Cc2ccccc2C1.CNCc1nc2cc(OCCC[N+](C)(C)C)ccc2s1. The predicted molar refractivity (Wildman–Crippen MR) is 165 cm³/mol. The standard InChI is InChI=1S/C16H20O3.C15H24N3OS.CH4/c1-15(2,3)19-14(18)10-16(11-17)8-12-6-4-5-7-13(12)9-16;1-16-11-15-17-13-10-12(6-7-14(13)20-15)19-9-5-8-18(2,3)4;/h4-7,11H,8-10H2,1-3H3;6-7,10,16H,5,8-9,11H2,1-4H3;1H4/q;+1;. The average molecular weight is 571 g/mol. The number of fused-ring (bicyclic) bond motifs is 2. The van der Waals surface area contributed by atoms with Gasteiger partial charge in [-0.1, -0.05) is 31.7 Å². The summed E-state index contributed by atoms with van der Waals surface area (Å²) in [5, 5.41) is 4.25. The van der Waals surface area contributed by atoms with E-state index in [0.717, 1.165) is 64.3 Å². The van der Waals surface area contributed by atoms with Gasteiger partial charge in [0.2, 0.25) is 0 Å². The Morgan fingerprint density at radius 1 is 1.12 bits per heavy atom. The van der Waals surface area contributed by atoms with Gasteiger partial charge in [-0.25, -0.2) is 4.98 Å². The Morgan fingerprint density at radius 2 is 1.77 bits per heavy atom. The largest absolute Gasteiger partial charge is 0.493 e. The van der Waals surface area contributed by atoms with Crippen LogP contribution in [0.4, 0.5) is 0 Å². The molecule has 7 nitrogen and oxygen atoms in total. The molecule has 1 N–H and O–H groups in total. The van der Waals surface area contributed by atoms with Gasteiger partial charge in [0.05, 0.1) is 50.9 Å². The number of benzene rings is 2. The first-order chi connectivity index (χ1) is 18.3. The van der Waals surface area contributed by atoms with Gasteiger partial charge in [0.25, 0.3) is 0 Å². The van der Waals surface area contributed by atoms with Crippen molar-refractivity contribution in [2.75, 3.05) is 41.3 Å². The Hall–Kier alpha value is -2.81. The molecule has 40 heavy (non-hydrogen) atoms. The number of hydrogen-bond donors (Lipinski definition) is 1. The molecule has 0 aliphatic heterocycles. The number of ether oxygens (including phenoxy) is 2. The van der Waals surface area contributed by atoms with Crippen LogP contribution in [0.2, 0.25) is 0 Å². The van der Waals surface area contributed by atoms with Crippen molar-refractivity contribution < 1.29 is 23.5 Å². The van der Waals surface area contributed by atoms with E-state index in [4.69, 9.17) is 9.47 Å². The Bertz CT molecular complexity index is 1230. The minimum atomic E-state index is -0.619. The zero-order valence-corrected chi connectivity index (χ0v) is 25.3. The van der Waals surface area contributed by atoms with Crippen LogP contribution in [0.3, 0.4) is 0 Å². The third-order valence-corrected chi connectivity index (χ3v) is 7.38. The summed E-state index contributed by atoms with van der Waals surface area (Å²) in [6.07, 6.45) is 3.40. The summed E-state index contributed by atoms with van der Waals surface area (Å²) in [5.41, 5.74) is 2.24. The quantitative estimate of drug-likeness (QED) is 0.143. The summed E-state index contributed by atoms with van der Waals surface area (Å²) in [6, 6.07) is 14.2. The van der Waals surface area contributed by atoms with Crippen LogP contribution < -0.4 is 10.1 Å². The third kappa shape index (κ3) is 10.3. The lowest BCUT2D eigenvalue weighted by molar-refractivity contribution is -0.870. The molecular weight excluding hydrogens is 522 g/mol. The van der Waals surface area contributed by atoms with Gasteiger partial charge in [-0.05, 0) is 63.9 Å². The number of carbonyl (C=O) groups is 2. The van der Waals surface area contributed by atoms with Crippen LogP contribution >= 0.6 is 11.3 Å². The van der Waals surface area contributed by atoms with Gasteiger partial charge in [-0.15, -0.1) is 11.3 Å². The molecule has 0 spiro atoms. The van der Waals surface area contributed by atoms with Gasteiger partial charge in [0, 0.05) is 24.4 Å². The number of aldehydes is 1. The van der Waals surface area contributed by atoms with Crippen LogP contribution in [0.15, 0.2) is 42.5 Å². The molecular formula is C32H48N3O4S+. The van der Waals surface area contributed by atoms with Gasteiger partial charge in [0.1, 0.15) is 22.6 Å². The molecule has 2 aromatic carbocycles. The lowest BCUT2D eigenvalue weighted by atomic mass is 9.83. The van der Waals surface area contributed by atoms with Crippen LogP contribution in [0.5, 0.6) is 5.75 Å². The molecule has 1 aliphatic rings. The molecule has 220 valence electrons. The van der Waals surface area contributed by atoms with Crippen molar-refractivity contribution in [3.8, 4) is 5.75 Å². The number of quaternary nitrogens is 1. The number of hydrogen-bond acceptors (Lipinski definition) is 7. The van der Waals surface area contributed by atoms with Gasteiger partial charge in [-0.3, -0.25) is 4.79 Å². The fourth-order valence-electron chi connectivity index (χ4n) is 4.64. The van der Waals surface area contributed by atoms with Gasteiger partial charge < -0.3 is 24.1 Å². The molecule has 1 heterocycles. The summed E-state index contributed by atoms with van der Waals surface area (Å²) in [4.78, 5) is 28.0. The van der Waals surface area contributed by atoms with Gasteiger partial charge >= 0.3 is 5.97 Å². The van der Waals surface area contributed by atoms with Gasteiger partial charge in [0.15, 0.2) is 0 Å². The zero-order chi connectivity index (χ0) is 28.7. The molecule has 4 rings (SSSR count). The highest BCUT2D eigenvalue weighted by molar-refractivity contribution is 7.18. The van der Waals surface area contributed by atoms with Crippen molar-refractivity contribution in [1.29, 1.82) is 0 Å². The number of esters is 1. The van der Waals surface area contributed by atoms with Crippen molar-refractivity contribution in [3.63, 3.8) is 0 Å². The predicted octanol–water partition coefficient (Wildman–Crippen LogP) is 5.83. The van der Waals surface area contributed by atoms with Gasteiger partial charge in [-0.2, -0.15) is 0 Å². The van der Waals surface area contributed by atoms with Crippen molar-refractivity contribution >= 4 is 33.8 Å². The van der Waals surface area contributed by atoms with E-state index in [0.29, 0.717) is 12.8 Å². The maximum atomic E-state index is 11.9. The number of rotatable bonds is 10. The number of nitrogens with zero attached hydrogens (tertiary/aromatic N) is 2. The summed E-state index contributed by atoms with van der Waals surface area (Å²) in [7, 11) is 8.54. The second-order valence-electron chi connectivity index (χ2n) is 12.3. The number of carbonyl (C=O) groups excluding carboxylic acids is 2. The molecule has 0 bridgehead atoms. The van der Waals surface area contributed by atoms with E-state index in [9.17, 15) is 9.59 Å². The first-order valence-electron chi connectivity index (χ1n) is 13.5. The molecule has 0 atom stereocenters. The summed E-state index contributed by atoms with van der Waals surface area (Å²) < 4.78 is 13.3. The Morgan fingerprint density at radius 3 is 2.33 bits per heavy atom. The Kier molecular flexibility index (Phi) is 11.9. The van der Waals surface area contributed by atoms with Crippen molar-refractivity contribution in [2.24, 2.45) is 5.41 Å². The van der Waals surface area contributed by atoms with E-state index >= 15 is 0 Å². The van der Waals surface area contributed by atoms with Crippen LogP contribution in [0.1, 0.15) is 57.2 Å². The van der Waals surface area contributed by atoms with E-state index in [1.54, 1.807) is 11.3 Å². The summed E-state index contributed by atoms with van der Waals surface area (Å²) >= 11 is 1.73. The second kappa shape index (κ2) is 14.2. The molecule has 1 aromatic heterocycles. The topological polar surface area (TPSA) is 77.5 Å². The maximum Gasteiger partial charge on any atom is 0.307 e. The smallest absolute Gasteiger partial charge is 0.307 e. The highest BCUT2D eigenvalue weighted by Gasteiger charge is 2.40. The van der Waals surface area contributed by atoms with Crippen LogP contribution in [-0.2, 0) is 33.7 Å². The third-order valence-electron chi connectivity index (χ3n) is 6.34. The van der Waals surface area contributed by atoms with E-state index < -0.39 is 11.0 Å². The van der Waals surface area contributed by atoms with Crippen molar-refractivity contribution in [1.82, 2.24) is 10.3 Å². The van der Waals surface area contributed by atoms with Crippen LogP contribution in [-0.4, -0.2) is 68.7 Å². The minimum Gasteiger partial charge on any atom is -0.493 e. The molecule has 0 radical (unpaired) electrons. The summed E-state index contributed by atoms with van der Waals surface area (Å²) in [6.45, 7) is 8.20. The first kappa shape index (κ1) is 33.4.